The average molecular weight is 291 g/mol. The molecule has 1 aromatic carbocycles. The number of thioether (sulfide) groups is 1. The van der Waals surface area contributed by atoms with Gasteiger partial charge in [0.1, 0.15) is 0 Å². The topological polar surface area (TPSA) is 29.1 Å². The molecule has 0 radical (unpaired) electrons. The fourth-order valence-electron chi connectivity index (χ4n) is 2.68. The number of hydrogen-bond acceptors (Lipinski definition) is 2. The van der Waals surface area contributed by atoms with Crippen LogP contribution >= 0.6 is 11.8 Å². The number of nitrogens with one attached hydrogen (secondary N) is 1. The summed E-state index contributed by atoms with van der Waals surface area (Å²) in [5.74, 6) is 0.185. The lowest BCUT2D eigenvalue weighted by atomic mass is 9.97. The Hall–Kier alpha value is -0.960. The van der Waals surface area contributed by atoms with E-state index in [1.54, 1.807) is 11.8 Å². The molecule has 1 fully saturated rings. The smallest absolute Gasteiger partial charge is 0.233 e. The van der Waals surface area contributed by atoms with Crippen LogP contribution in [0.25, 0.3) is 0 Å². The van der Waals surface area contributed by atoms with Gasteiger partial charge in [-0.2, -0.15) is 0 Å². The Kier molecular flexibility index (Phi) is 6.44. The minimum absolute atomic E-state index is 0.0251. The first kappa shape index (κ1) is 15.4. The molecule has 0 aromatic heterocycles. The fourth-order valence-corrected chi connectivity index (χ4v) is 3.57. The molecule has 1 atom stereocenters. The van der Waals surface area contributed by atoms with Crippen molar-refractivity contribution in [2.24, 2.45) is 0 Å². The van der Waals surface area contributed by atoms with E-state index >= 15 is 0 Å². The first-order valence-corrected chi connectivity index (χ1v) is 8.66. The van der Waals surface area contributed by atoms with Crippen molar-refractivity contribution in [3.05, 3.63) is 30.3 Å². The van der Waals surface area contributed by atoms with E-state index in [0.29, 0.717) is 6.04 Å². The van der Waals surface area contributed by atoms with Gasteiger partial charge in [0.2, 0.25) is 5.91 Å². The van der Waals surface area contributed by atoms with Gasteiger partial charge in [0, 0.05) is 10.9 Å². The molecule has 1 aliphatic rings. The molecule has 20 heavy (non-hydrogen) atoms. The van der Waals surface area contributed by atoms with Gasteiger partial charge in [-0.3, -0.25) is 4.79 Å². The predicted octanol–water partition coefficient (Wildman–Crippen LogP) is 4.40. The standard InChI is InChI=1S/C17H25NOS/c1-14(20-16-12-8-5-9-13-16)17(19)18-15-10-6-3-2-4-7-11-15/h5,8-9,12-15H,2-4,6-7,10-11H2,1H3,(H,18,19)/t14-/m0/s1. The third-order valence-corrected chi connectivity index (χ3v) is 4.99. The second-order valence-corrected chi connectivity index (χ2v) is 7.04. The van der Waals surface area contributed by atoms with Crippen LogP contribution in [0.1, 0.15) is 51.9 Å². The average Bonchev–Trinajstić information content (AvgIpc) is 2.42. The molecule has 110 valence electrons. The monoisotopic (exact) mass is 291 g/mol. The maximum absolute atomic E-state index is 12.3. The SMILES string of the molecule is C[C@H](Sc1ccccc1)C(=O)NC1CCCCCCC1. The van der Waals surface area contributed by atoms with Crippen molar-refractivity contribution >= 4 is 17.7 Å². The lowest BCUT2D eigenvalue weighted by Gasteiger charge is -2.22. The zero-order chi connectivity index (χ0) is 14.2. The molecule has 1 aliphatic carbocycles. The lowest BCUT2D eigenvalue weighted by molar-refractivity contribution is -0.121. The van der Waals surface area contributed by atoms with Crippen LogP contribution in [-0.4, -0.2) is 17.2 Å². The molecule has 1 amide bonds. The summed E-state index contributed by atoms with van der Waals surface area (Å²) in [6.07, 6.45) is 8.81. The Morgan fingerprint density at radius 1 is 1.10 bits per heavy atom. The lowest BCUT2D eigenvalue weighted by Crippen LogP contribution is -2.39. The van der Waals surface area contributed by atoms with Crippen LogP contribution in [0, 0.1) is 0 Å². The van der Waals surface area contributed by atoms with Crippen LogP contribution in [0.4, 0.5) is 0 Å². The summed E-state index contributed by atoms with van der Waals surface area (Å²) in [4.78, 5) is 13.4. The highest BCUT2D eigenvalue weighted by atomic mass is 32.2. The normalized spacial score (nSPS) is 18.9. The molecule has 0 saturated heterocycles. The van der Waals surface area contributed by atoms with Gasteiger partial charge >= 0.3 is 0 Å². The molecule has 1 saturated carbocycles. The van der Waals surface area contributed by atoms with Crippen molar-refractivity contribution in [2.75, 3.05) is 0 Å². The summed E-state index contributed by atoms with van der Waals surface area (Å²) in [5, 5.41) is 3.22. The van der Waals surface area contributed by atoms with Crippen LogP contribution in [-0.2, 0) is 4.79 Å². The largest absolute Gasteiger partial charge is 0.352 e. The van der Waals surface area contributed by atoms with E-state index < -0.39 is 0 Å². The van der Waals surface area contributed by atoms with Gasteiger partial charge in [-0.25, -0.2) is 0 Å². The Morgan fingerprint density at radius 2 is 1.70 bits per heavy atom. The summed E-state index contributed by atoms with van der Waals surface area (Å²) in [6.45, 7) is 2.00. The predicted molar refractivity (Wildman–Crippen MR) is 86.0 cm³/mol. The van der Waals surface area contributed by atoms with Gasteiger partial charge in [-0.05, 0) is 31.9 Å². The van der Waals surface area contributed by atoms with E-state index in [1.807, 2.05) is 25.1 Å². The maximum Gasteiger partial charge on any atom is 0.233 e. The Morgan fingerprint density at radius 3 is 2.35 bits per heavy atom. The summed E-state index contributed by atoms with van der Waals surface area (Å²) < 4.78 is 0. The zero-order valence-electron chi connectivity index (χ0n) is 12.3. The molecule has 0 bridgehead atoms. The van der Waals surface area contributed by atoms with Crippen molar-refractivity contribution in [1.29, 1.82) is 0 Å². The van der Waals surface area contributed by atoms with Crippen LogP contribution in [0.5, 0.6) is 0 Å². The molecule has 1 N–H and O–H groups in total. The summed E-state index contributed by atoms with van der Waals surface area (Å²) in [7, 11) is 0. The molecular weight excluding hydrogens is 266 g/mol. The van der Waals surface area contributed by atoms with Gasteiger partial charge in [-0.15, -0.1) is 11.8 Å². The number of amides is 1. The third kappa shape index (κ3) is 5.20. The fraction of sp³-hybridized carbons (Fsp3) is 0.588. The third-order valence-electron chi connectivity index (χ3n) is 3.88. The van der Waals surface area contributed by atoms with Gasteiger partial charge in [0.05, 0.1) is 5.25 Å². The second kappa shape index (κ2) is 8.35. The van der Waals surface area contributed by atoms with E-state index in [1.165, 1.54) is 32.1 Å². The zero-order valence-corrected chi connectivity index (χ0v) is 13.1. The van der Waals surface area contributed by atoms with Crippen molar-refractivity contribution in [3.8, 4) is 0 Å². The Labute approximate surface area is 126 Å². The molecule has 0 unspecified atom stereocenters. The molecule has 0 spiro atoms. The van der Waals surface area contributed by atoms with E-state index in [-0.39, 0.29) is 11.2 Å². The van der Waals surface area contributed by atoms with E-state index in [4.69, 9.17) is 0 Å². The van der Waals surface area contributed by atoms with Crippen molar-refractivity contribution < 1.29 is 4.79 Å². The molecular formula is C17H25NOS. The first-order valence-electron chi connectivity index (χ1n) is 7.78. The molecule has 1 aromatic rings. The number of hydrogen-bond donors (Lipinski definition) is 1. The van der Waals surface area contributed by atoms with E-state index in [9.17, 15) is 4.79 Å². The number of rotatable bonds is 4. The molecule has 0 heterocycles. The molecule has 0 aliphatic heterocycles. The number of benzene rings is 1. The van der Waals surface area contributed by atoms with Gasteiger partial charge in [0.15, 0.2) is 0 Å². The van der Waals surface area contributed by atoms with Crippen LogP contribution in [0.15, 0.2) is 35.2 Å². The van der Waals surface area contributed by atoms with Gasteiger partial charge in [-0.1, -0.05) is 50.3 Å². The highest BCUT2D eigenvalue weighted by Gasteiger charge is 2.19. The minimum Gasteiger partial charge on any atom is -0.352 e. The summed E-state index contributed by atoms with van der Waals surface area (Å²) in [5.41, 5.74) is 0. The highest BCUT2D eigenvalue weighted by molar-refractivity contribution is 8.00. The Bertz CT molecular complexity index is 399. The minimum atomic E-state index is -0.0251. The quantitative estimate of drug-likeness (QED) is 0.833. The van der Waals surface area contributed by atoms with Crippen LogP contribution in [0.3, 0.4) is 0 Å². The summed E-state index contributed by atoms with van der Waals surface area (Å²) >= 11 is 1.64. The van der Waals surface area contributed by atoms with Crippen molar-refractivity contribution in [2.45, 2.75) is 68.1 Å². The second-order valence-electron chi connectivity index (χ2n) is 5.62. The van der Waals surface area contributed by atoms with E-state index in [2.05, 4.69) is 17.4 Å². The Balaban J connectivity index is 1.80. The van der Waals surface area contributed by atoms with Gasteiger partial charge < -0.3 is 5.32 Å². The van der Waals surface area contributed by atoms with Crippen LogP contribution < -0.4 is 5.32 Å². The highest BCUT2D eigenvalue weighted by Crippen LogP contribution is 2.23. The molecule has 3 heteroatoms. The first-order chi connectivity index (χ1) is 9.75. The van der Waals surface area contributed by atoms with Crippen molar-refractivity contribution in [1.82, 2.24) is 5.32 Å². The maximum atomic E-state index is 12.3. The number of carbonyl (C=O) groups excluding carboxylic acids is 1. The molecule has 2 rings (SSSR count). The van der Waals surface area contributed by atoms with Gasteiger partial charge in [0.25, 0.3) is 0 Å². The summed E-state index contributed by atoms with van der Waals surface area (Å²) in [6, 6.07) is 10.5. The van der Waals surface area contributed by atoms with Crippen LogP contribution in [0.2, 0.25) is 0 Å². The van der Waals surface area contributed by atoms with E-state index in [0.717, 1.165) is 17.7 Å². The number of carbonyl (C=O) groups is 1. The van der Waals surface area contributed by atoms with Crippen molar-refractivity contribution in [3.63, 3.8) is 0 Å². The molecule has 2 nitrogen and oxygen atoms in total.